The molecule has 0 fully saturated rings. The third-order valence-electron chi connectivity index (χ3n) is 2.81. The molecule has 23 heavy (non-hydrogen) atoms. The first-order chi connectivity index (χ1) is 11.1. The Kier molecular flexibility index (Phi) is 5.12. The van der Waals surface area contributed by atoms with Crippen molar-refractivity contribution in [3.05, 3.63) is 27.8 Å². The molecule has 3 N–H and O–H groups in total. The average Bonchev–Trinajstić information content (AvgIpc) is 2.92. The van der Waals surface area contributed by atoms with E-state index >= 15 is 0 Å². The minimum absolute atomic E-state index is 0.0791. The number of nitrogens with one attached hydrogen (secondary N) is 1. The van der Waals surface area contributed by atoms with E-state index in [0.717, 1.165) is 0 Å². The number of ether oxygens (including phenoxy) is 2. The summed E-state index contributed by atoms with van der Waals surface area (Å²) in [5, 5.41) is 21.8. The maximum Gasteiger partial charge on any atom is 0.315 e. The van der Waals surface area contributed by atoms with Crippen molar-refractivity contribution in [2.45, 2.75) is 20.4 Å². The van der Waals surface area contributed by atoms with E-state index in [1.807, 2.05) is 0 Å². The Morgan fingerprint density at radius 2 is 2.09 bits per heavy atom. The molecule has 2 rings (SSSR count). The molecule has 0 saturated heterocycles. The van der Waals surface area contributed by atoms with Crippen LogP contribution in [0.2, 0.25) is 0 Å². The second-order valence-electron chi connectivity index (χ2n) is 4.35. The number of hydrogen-bond acceptors (Lipinski definition) is 9. The zero-order chi connectivity index (χ0) is 16.8. The number of aromatic nitrogens is 4. The van der Waals surface area contributed by atoms with Crippen LogP contribution in [0.15, 0.2) is 12.1 Å². The molecule has 1 heterocycles. The standard InChI is InChI=1S/C12H17N7O4/c1-3-22-10-6-8(7-14-18-12(13)15-16-17-18)5-9(19(20)21)11(10)23-4-2/h5-6,14H,3-4,7H2,1-2H3,(H2,13,15,17). The number of nitro benzene ring substituents is 1. The maximum absolute atomic E-state index is 11.3. The van der Waals surface area contributed by atoms with Gasteiger partial charge in [-0.1, -0.05) is 5.10 Å². The number of nitrogens with two attached hydrogens (primary N) is 1. The molecular weight excluding hydrogens is 306 g/mol. The fourth-order valence-corrected chi connectivity index (χ4v) is 1.91. The van der Waals surface area contributed by atoms with E-state index < -0.39 is 4.92 Å². The lowest BCUT2D eigenvalue weighted by molar-refractivity contribution is -0.386. The molecule has 11 nitrogen and oxygen atoms in total. The van der Waals surface area contributed by atoms with Gasteiger partial charge in [0.15, 0.2) is 5.75 Å². The Labute approximate surface area is 131 Å². The number of tetrazole rings is 1. The number of nitrogen functional groups attached to an aromatic ring is 1. The molecule has 0 amide bonds. The summed E-state index contributed by atoms with van der Waals surface area (Å²) in [5.74, 6) is 0.505. The van der Waals surface area contributed by atoms with Crippen molar-refractivity contribution in [3.8, 4) is 11.5 Å². The number of anilines is 1. The number of benzene rings is 1. The van der Waals surface area contributed by atoms with Crippen molar-refractivity contribution >= 4 is 11.6 Å². The van der Waals surface area contributed by atoms with E-state index in [4.69, 9.17) is 15.2 Å². The quantitative estimate of drug-likeness (QED) is 0.530. The van der Waals surface area contributed by atoms with Crippen LogP contribution in [0.1, 0.15) is 19.4 Å². The summed E-state index contributed by atoms with van der Waals surface area (Å²) in [7, 11) is 0. The summed E-state index contributed by atoms with van der Waals surface area (Å²) >= 11 is 0. The topological polar surface area (TPSA) is 143 Å². The zero-order valence-electron chi connectivity index (χ0n) is 12.7. The van der Waals surface area contributed by atoms with Crippen LogP contribution in [-0.2, 0) is 6.54 Å². The van der Waals surface area contributed by atoms with Crippen molar-refractivity contribution in [1.29, 1.82) is 0 Å². The lowest BCUT2D eigenvalue weighted by Crippen LogP contribution is -2.18. The molecule has 0 atom stereocenters. The van der Waals surface area contributed by atoms with Gasteiger partial charge in [-0.3, -0.25) is 10.1 Å². The van der Waals surface area contributed by atoms with Crippen LogP contribution in [0.3, 0.4) is 0 Å². The lowest BCUT2D eigenvalue weighted by Gasteiger charge is -2.13. The molecule has 11 heteroatoms. The van der Waals surface area contributed by atoms with Gasteiger partial charge in [0.2, 0.25) is 5.75 Å². The normalized spacial score (nSPS) is 10.3. The van der Waals surface area contributed by atoms with Gasteiger partial charge in [0.1, 0.15) is 0 Å². The Bertz CT molecular complexity index is 688. The second-order valence-corrected chi connectivity index (χ2v) is 4.35. The highest BCUT2D eigenvalue weighted by molar-refractivity contribution is 5.58. The van der Waals surface area contributed by atoms with Crippen LogP contribution in [0.4, 0.5) is 11.6 Å². The van der Waals surface area contributed by atoms with E-state index in [1.165, 1.54) is 10.9 Å². The number of rotatable bonds is 8. The van der Waals surface area contributed by atoms with Gasteiger partial charge in [0.05, 0.1) is 24.7 Å². The first kappa shape index (κ1) is 16.3. The molecule has 1 aromatic heterocycles. The predicted molar refractivity (Wildman–Crippen MR) is 80.7 cm³/mol. The smallest absolute Gasteiger partial charge is 0.315 e. The highest BCUT2D eigenvalue weighted by atomic mass is 16.6. The van der Waals surface area contributed by atoms with Crippen molar-refractivity contribution in [2.24, 2.45) is 0 Å². The molecule has 0 radical (unpaired) electrons. The average molecular weight is 323 g/mol. The van der Waals surface area contributed by atoms with Gasteiger partial charge < -0.3 is 20.6 Å². The van der Waals surface area contributed by atoms with Crippen molar-refractivity contribution < 1.29 is 14.4 Å². The number of nitro groups is 1. The Hall–Kier alpha value is -3.11. The SMILES string of the molecule is CCOc1cc(CNn2nnnc2N)cc([N+](=O)[O-])c1OCC. The zero-order valence-corrected chi connectivity index (χ0v) is 12.7. The minimum atomic E-state index is -0.512. The van der Waals surface area contributed by atoms with Crippen LogP contribution in [-0.4, -0.2) is 38.5 Å². The van der Waals surface area contributed by atoms with Gasteiger partial charge >= 0.3 is 5.69 Å². The van der Waals surface area contributed by atoms with E-state index in [1.54, 1.807) is 19.9 Å². The predicted octanol–water partition coefficient (Wildman–Crippen LogP) is 0.705. The first-order valence-electron chi connectivity index (χ1n) is 6.91. The van der Waals surface area contributed by atoms with Crippen molar-refractivity contribution in [1.82, 2.24) is 20.3 Å². The highest BCUT2D eigenvalue weighted by Crippen LogP contribution is 2.38. The highest BCUT2D eigenvalue weighted by Gasteiger charge is 2.22. The van der Waals surface area contributed by atoms with Crippen LogP contribution in [0.25, 0.3) is 0 Å². The molecule has 0 bridgehead atoms. The molecule has 0 saturated carbocycles. The van der Waals surface area contributed by atoms with Crippen molar-refractivity contribution in [2.75, 3.05) is 24.4 Å². The molecule has 0 aliphatic heterocycles. The second kappa shape index (κ2) is 7.24. The molecule has 0 aliphatic carbocycles. The van der Waals surface area contributed by atoms with E-state index in [0.29, 0.717) is 24.5 Å². The fraction of sp³-hybridized carbons (Fsp3) is 0.417. The van der Waals surface area contributed by atoms with Gasteiger partial charge in [0.25, 0.3) is 5.95 Å². The summed E-state index contributed by atoms with van der Waals surface area (Å²) in [5.41, 5.74) is 8.80. The third-order valence-corrected chi connectivity index (χ3v) is 2.81. The largest absolute Gasteiger partial charge is 0.490 e. The monoisotopic (exact) mass is 323 g/mol. The van der Waals surface area contributed by atoms with E-state index in [-0.39, 0.29) is 23.9 Å². The third kappa shape index (κ3) is 3.75. The molecule has 1 aromatic carbocycles. The van der Waals surface area contributed by atoms with E-state index in [2.05, 4.69) is 21.0 Å². The summed E-state index contributed by atoms with van der Waals surface area (Å²) in [6.45, 7) is 4.39. The van der Waals surface area contributed by atoms with Gasteiger partial charge in [-0.25, -0.2) is 0 Å². The van der Waals surface area contributed by atoms with Crippen molar-refractivity contribution in [3.63, 3.8) is 0 Å². The molecule has 0 spiro atoms. The van der Waals surface area contributed by atoms with Gasteiger partial charge in [-0.15, -0.1) is 4.79 Å². The molecule has 0 unspecified atom stereocenters. The minimum Gasteiger partial charge on any atom is -0.490 e. The van der Waals surface area contributed by atoms with Gasteiger partial charge in [-0.2, -0.15) is 0 Å². The molecule has 2 aromatic rings. The number of hydrogen-bond donors (Lipinski definition) is 2. The van der Waals surface area contributed by atoms with Crippen LogP contribution in [0.5, 0.6) is 11.5 Å². The Balaban J connectivity index is 2.32. The summed E-state index contributed by atoms with van der Waals surface area (Å²) in [6, 6.07) is 3.07. The summed E-state index contributed by atoms with van der Waals surface area (Å²) in [4.78, 5) is 11.9. The first-order valence-corrected chi connectivity index (χ1v) is 6.91. The molecular formula is C12H17N7O4. The van der Waals surface area contributed by atoms with Gasteiger partial charge in [-0.05, 0) is 35.9 Å². The van der Waals surface area contributed by atoms with Crippen LogP contribution < -0.4 is 20.6 Å². The van der Waals surface area contributed by atoms with Gasteiger partial charge in [0, 0.05) is 6.07 Å². The Morgan fingerprint density at radius 1 is 1.35 bits per heavy atom. The molecule has 124 valence electrons. The molecule has 0 aliphatic rings. The fourth-order valence-electron chi connectivity index (χ4n) is 1.91. The summed E-state index contributed by atoms with van der Waals surface area (Å²) in [6.07, 6.45) is 0. The Morgan fingerprint density at radius 3 is 2.65 bits per heavy atom. The number of nitrogens with zero attached hydrogens (tertiary/aromatic N) is 5. The van der Waals surface area contributed by atoms with Crippen LogP contribution >= 0.6 is 0 Å². The lowest BCUT2D eigenvalue weighted by atomic mass is 10.1. The van der Waals surface area contributed by atoms with E-state index in [9.17, 15) is 10.1 Å². The summed E-state index contributed by atoms with van der Waals surface area (Å²) < 4.78 is 10.8. The van der Waals surface area contributed by atoms with Crippen LogP contribution in [0, 0.1) is 10.1 Å². The maximum atomic E-state index is 11.3.